The van der Waals surface area contributed by atoms with Gasteiger partial charge in [-0.1, -0.05) is 36.0 Å². The maximum absolute atomic E-state index is 4.30. The number of nitrogens with one attached hydrogen (secondary N) is 1. The van der Waals surface area contributed by atoms with Crippen molar-refractivity contribution < 1.29 is 0 Å². The van der Waals surface area contributed by atoms with E-state index in [0.717, 1.165) is 23.9 Å². The standard InChI is InChI=1S/C16H18N4S/c1-3-5-14-16(21-20-19-14)15(17-2)13-7-4-6-11-10-18-9-8-12(11)13/h4,6-10,15,17H,3,5H2,1-2H3. The predicted octanol–water partition coefficient (Wildman–Crippen LogP) is 3.35. The van der Waals surface area contributed by atoms with Gasteiger partial charge >= 0.3 is 0 Å². The Balaban J connectivity index is 2.12. The van der Waals surface area contributed by atoms with Gasteiger partial charge in [-0.15, -0.1) is 5.10 Å². The lowest BCUT2D eigenvalue weighted by Gasteiger charge is -2.18. The van der Waals surface area contributed by atoms with Crippen LogP contribution < -0.4 is 5.32 Å². The van der Waals surface area contributed by atoms with Crippen LogP contribution in [-0.2, 0) is 6.42 Å². The van der Waals surface area contributed by atoms with Gasteiger partial charge in [-0.25, -0.2) is 0 Å². The number of hydrogen-bond acceptors (Lipinski definition) is 5. The van der Waals surface area contributed by atoms with Crippen molar-refractivity contribution in [2.45, 2.75) is 25.8 Å². The Bertz CT molecular complexity index is 732. The van der Waals surface area contributed by atoms with Crippen molar-refractivity contribution in [1.29, 1.82) is 0 Å². The van der Waals surface area contributed by atoms with E-state index < -0.39 is 0 Å². The second kappa shape index (κ2) is 6.28. The predicted molar refractivity (Wildman–Crippen MR) is 86.5 cm³/mol. The van der Waals surface area contributed by atoms with E-state index in [9.17, 15) is 0 Å². The summed E-state index contributed by atoms with van der Waals surface area (Å²) < 4.78 is 4.15. The van der Waals surface area contributed by atoms with E-state index in [1.165, 1.54) is 27.4 Å². The number of aryl methyl sites for hydroxylation is 1. The second-order valence-corrected chi connectivity index (χ2v) is 5.79. The van der Waals surface area contributed by atoms with E-state index in [1.807, 2.05) is 19.4 Å². The lowest BCUT2D eigenvalue weighted by Crippen LogP contribution is -2.18. The molecule has 2 aromatic heterocycles. The monoisotopic (exact) mass is 298 g/mol. The summed E-state index contributed by atoms with van der Waals surface area (Å²) in [5.74, 6) is 0. The fourth-order valence-electron chi connectivity index (χ4n) is 2.67. The zero-order valence-corrected chi connectivity index (χ0v) is 13.0. The van der Waals surface area contributed by atoms with Crippen LogP contribution in [0.25, 0.3) is 10.8 Å². The molecule has 21 heavy (non-hydrogen) atoms. The third kappa shape index (κ3) is 2.66. The molecule has 0 aliphatic heterocycles. The maximum Gasteiger partial charge on any atom is 0.0807 e. The summed E-state index contributed by atoms with van der Waals surface area (Å²) in [6, 6.07) is 8.54. The number of rotatable bonds is 5. The third-order valence-corrected chi connectivity index (χ3v) is 4.48. The largest absolute Gasteiger partial charge is 0.309 e. The van der Waals surface area contributed by atoms with Crippen LogP contribution in [0.4, 0.5) is 0 Å². The molecule has 1 aromatic carbocycles. The molecule has 3 rings (SSSR count). The molecule has 0 fully saturated rings. The zero-order valence-electron chi connectivity index (χ0n) is 12.2. The molecule has 0 saturated heterocycles. The Morgan fingerprint density at radius 1 is 1.29 bits per heavy atom. The van der Waals surface area contributed by atoms with Crippen molar-refractivity contribution in [3.05, 3.63) is 52.8 Å². The van der Waals surface area contributed by atoms with Gasteiger partial charge in [0, 0.05) is 17.8 Å². The van der Waals surface area contributed by atoms with Crippen LogP contribution in [0.3, 0.4) is 0 Å². The number of fused-ring (bicyclic) bond motifs is 1. The molecule has 0 radical (unpaired) electrons. The van der Waals surface area contributed by atoms with Crippen molar-refractivity contribution in [3.63, 3.8) is 0 Å². The zero-order chi connectivity index (χ0) is 14.7. The number of nitrogens with zero attached hydrogens (tertiary/aromatic N) is 3. The fourth-order valence-corrected chi connectivity index (χ4v) is 3.50. The van der Waals surface area contributed by atoms with Crippen LogP contribution in [0, 0.1) is 0 Å². The Morgan fingerprint density at radius 2 is 2.19 bits per heavy atom. The first-order chi connectivity index (χ1) is 10.3. The minimum atomic E-state index is 0.123. The summed E-state index contributed by atoms with van der Waals surface area (Å²) >= 11 is 1.49. The summed E-state index contributed by atoms with van der Waals surface area (Å²) in [6.45, 7) is 2.17. The van der Waals surface area contributed by atoms with Crippen molar-refractivity contribution in [2.75, 3.05) is 7.05 Å². The highest BCUT2D eigenvalue weighted by Crippen LogP contribution is 2.31. The van der Waals surface area contributed by atoms with Gasteiger partial charge in [0.05, 0.1) is 16.6 Å². The average Bonchev–Trinajstić information content (AvgIpc) is 2.97. The molecular weight excluding hydrogens is 280 g/mol. The van der Waals surface area contributed by atoms with Gasteiger partial charge in [0.25, 0.3) is 0 Å². The normalized spacial score (nSPS) is 12.7. The van der Waals surface area contributed by atoms with E-state index in [1.54, 1.807) is 0 Å². The van der Waals surface area contributed by atoms with Crippen LogP contribution >= 0.6 is 11.5 Å². The van der Waals surface area contributed by atoms with Crippen LogP contribution in [0.15, 0.2) is 36.7 Å². The maximum atomic E-state index is 4.30. The summed E-state index contributed by atoms with van der Waals surface area (Å²) in [4.78, 5) is 5.42. The molecule has 5 heteroatoms. The first-order valence-corrected chi connectivity index (χ1v) is 7.93. The van der Waals surface area contributed by atoms with Crippen molar-refractivity contribution >= 4 is 22.3 Å². The molecule has 1 unspecified atom stereocenters. The number of aromatic nitrogens is 3. The number of hydrogen-bond donors (Lipinski definition) is 1. The highest BCUT2D eigenvalue weighted by molar-refractivity contribution is 7.05. The van der Waals surface area contributed by atoms with Crippen molar-refractivity contribution in [1.82, 2.24) is 19.9 Å². The molecule has 0 saturated carbocycles. The quantitative estimate of drug-likeness (QED) is 0.785. The topological polar surface area (TPSA) is 50.7 Å². The molecule has 1 N–H and O–H groups in total. The van der Waals surface area contributed by atoms with Gasteiger partial charge in [-0.05, 0) is 42.0 Å². The van der Waals surface area contributed by atoms with Crippen molar-refractivity contribution in [2.24, 2.45) is 0 Å². The van der Waals surface area contributed by atoms with Crippen molar-refractivity contribution in [3.8, 4) is 0 Å². The molecule has 0 spiro atoms. The summed E-state index contributed by atoms with van der Waals surface area (Å²) in [5, 5.41) is 10.1. The molecule has 0 aliphatic rings. The minimum Gasteiger partial charge on any atom is -0.309 e. The Morgan fingerprint density at radius 3 is 3.00 bits per heavy atom. The Hall–Kier alpha value is -1.85. The van der Waals surface area contributed by atoms with Gasteiger partial charge in [-0.3, -0.25) is 4.98 Å². The van der Waals surface area contributed by atoms with Crippen LogP contribution in [-0.4, -0.2) is 21.6 Å². The molecule has 0 aliphatic carbocycles. The molecule has 0 amide bonds. The highest BCUT2D eigenvalue weighted by Gasteiger charge is 2.20. The molecular formula is C16H18N4S. The second-order valence-electron chi connectivity index (χ2n) is 5.00. The molecule has 4 nitrogen and oxygen atoms in total. The van der Waals surface area contributed by atoms with Gasteiger partial charge < -0.3 is 5.32 Å². The van der Waals surface area contributed by atoms with Gasteiger partial charge in [0.1, 0.15) is 0 Å². The Kier molecular flexibility index (Phi) is 4.22. The Labute approximate surface area is 128 Å². The van der Waals surface area contributed by atoms with E-state index in [2.05, 4.69) is 51.1 Å². The molecule has 0 bridgehead atoms. The smallest absolute Gasteiger partial charge is 0.0807 e. The summed E-state index contributed by atoms with van der Waals surface area (Å²) in [7, 11) is 1.99. The molecule has 108 valence electrons. The van der Waals surface area contributed by atoms with Crippen LogP contribution in [0.5, 0.6) is 0 Å². The highest BCUT2D eigenvalue weighted by atomic mass is 32.1. The van der Waals surface area contributed by atoms with Gasteiger partial charge in [0.15, 0.2) is 0 Å². The average molecular weight is 298 g/mol. The first-order valence-electron chi connectivity index (χ1n) is 7.16. The van der Waals surface area contributed by atoms with E-state index in [-0.39, 0.29) is 6.04 Å². The summed E-state index contributed by atoms with van der Waals surface area (Å²) in [6.07, 6.45) is 5.80. The van der Waals surface area contributed by atoms with E-state index in [4.69, 9.17) is 0 Å². The minimum absolute atomic E-state index is 0.123. The molecule has 1 atom stereocenters. The van der Waals surface area contributed by atoms with E-state index in [0.29, 0.717) is 0 Å². The summed E-state index contributed by atoms with van der Waals surface area (Å²) in [5.41, 5.74) is 2.36. The third-order valence-electron chi connectivity index (χ3n) is 3.65. The molecule has 2 heterocycles. The lowest BCUT2D eigenvalue weighted by molar-refractivity contribution is 0.693. The SMILES string of the molecule is CCCc1nnsc1C(NC)c1cccc2cnccc12. The van der Waals surface area contributed by atoms with Crippen LogP contribution in [0.2, 0.25) is 0 Å². The van der Waals surface area contributed by atoms with Gasteiger partial charge in [0.2, 0.25) is 0 Å². The number of pyridine rings is 1. The fraction of sp³-hybridized carbons (Fsp3) is 0.312. The van der Waals surface area contributed by atoms with Gasteiger partial charge in [-0.2, -0.15) is 0 Å². The molecule has 3 aromatic rings. The van der Waals surface area contributed by atoms with Crippen LogP contribution in [0.1, 0.15) is 35.5 Å². The number of benzene rings is 1. The van der Waals surface area contributed by atoms with E-state index >= 15 is 0 Å². The lowest BCUT2D eigenvalue weighted by atomic mass is 9.97. The first kappa shape index (κ1) is 14.1.